The molecule has 17 heavy (non-hydrogen) atoms. The van der Waals surface area contributed by atoms with E-state index in [-0.39, 0.29) is 0 Å². The highest BCUT2D eigenvalue weighted by molar-refractivity contribution is 9.10. The van der Waals surface area contributed by atoms with Gasteiger partial charge in [-0.3, -0.25) is 0 Å². The van der Waals surface area contributed by atoms with Gasteiger partial charge in [0.25, 0.3) is 0 Å². The Morgan fingerprint density at radius 2 is 2.35 bits per heavy atom. The summed E-state index contributed by atoms with van der Waals surface area (Å²) in [4.78, 5) is 0. The molecule has 0 aliphatic carbocycles. The van der Waals surface area contributed by atoms with Crippen molar-refractivity contribution in [2.24, 2.45) is 13.0 Å². The van der Waals surface area contributed by atoms with Crippen molar-refractivity contribution in [2.45, 2.75) is 12.8 Å². The highest BCUT2D eigenvalue weighted by Crippen LogP contribution is 2.27. The molecule has 0 amide bonds. The van der Waals surface area contributed by atoms with E-state index in [9.17, 15) is 0 Å². The second-order valence-corrected chi connectivity index (χ2v) is 5.91. The third kappa shape index (κ3) is 2.14. The molecule has 2 nitrogen and oxygen atoms in total. The molecule has 0 spiro atoms. The van der Waals surface area contributed by atoms with Gasteiger partial charge in [-0.2, -0.15) is 0 Å². The highest BCUT2D eigenvalue weighted by Gasteiger charge is 2.17. The van der Waals surface area contributed by atoms with Crippen LogP contribution in [0.5, 0.6) is 0 Å². The molecule has 1 aromatic carbocycles. The number of halogens is 1. The van der Waals surface area contributed by atoms with Gasteiger partial charge in [0.15, 0.2) is 0 Å². The second-order valence-electron chi connectivity index (χ2n) is 4.99. The Labute approximate surface area is 110 Å². The Morgan fingerprint density at radius 1 is 1.47 bits per heavy atom. The molecular formula is C14H17BrN2. The number of nitrogens with one attached hydrogen (secondary N) is 1. The van der Waals surface area contributed by atoms with Crippen LogP contribution in [0.4, 0.5) is 0 Å². The molecule has 0 saturated carbocycles. The molecular weight excluding hydrogens is 276 g/mol. The van der Waals surface area contributed by atoms with Gasteiger partial charge in [-0.1, -0.05) is 15.9 Å². The molecule has 1 N–H and O–H groups in total. The first-order chi connectivity index (χ1) is 8.24. The third-order valence-corrected chi connectivity index (χ3v) is 4.20. The van der Waals surface area contributed by atoms with E-state index in [4.69, 9.17) is 0 Å². The predicted octanol–water partition coefficient (Wildman–Crippen LogP) is 3.09. The number of fused-ring (bicyclic) bond motifs is 1. The molecule has 1 aromatic heterocycles. The van der Waals surface area contributed by atoms with E-state index < -0.39 is 0 Å². The first-order valence-corrected chi connectivity index (χ1v) is 6.97. The summed E-state index contributed by atoms with van der Waals surface area (Å²) < 4.78 is 3.40. The van der Waals surface area contributed by atoms with Crippen molar-refractivity contribution in [2.75, 3.05) is 13.1 Å². The van der Waals surface area contributed by atoms with Crippen LogP contribution in [-0.2, 0) is 13.5 Å². The largest absolute Gasteiger partial charge is 0.350 e. The normalized spacial score (nSPS) is 20.2. The van der Waals surface area contributed by atoms with E-state index in [1.807, 2.05) is 0 Å². The van der Waals surface area contributed by atoms with Crippen molar-refractivity contribution in [1.29, 1.82) is 0 Å². The zero-order valence-electron chi connectivity index (χ0n) is 10.0. The molecule has 3 rings (SSSR count). The number of hydrogen-bond acceptors (Lipinski definition) is 1. The molecule has 2 heterocycles. The number of nitrogens with zero attached hydrogens (tertiary/aromatic N) is 1. The van der Waals surface area contributed by atoms with Crippen molar-refractivity contribution < 1.29 is 0 Å². The Hall–Kier alpha value is -0.800. The molecule has 90 valence electrons. The van der Waals surface area contributed by atoms with Crippen LogP contribution in [0.25, 0.3) is 10.9 Å². The van der Waals surface area contributed by atoms with Crippen LogP contribution >= 0.6 is 15.9 Å². The Bertz CT molecular complexity index is 538. The van der Waals surface area contributed by atoms with E-state index in [0.29, 0.717) is 0 Å². The summed E-state index contributed by atoms with van der Waals surface area (Å²) in [5.74, 6) is 0.805. The van der Waals surface area contributed by atoms with Gasteiger partial charge >= 0.3 is 0 Å². The summed E-state index contributed by atoms with van der Waals surface area (Å²) in [7, 11) is 2.13. The van der Waals surface area contributed by atoms with E-state index in [2.05, 4.69) is 57.3 Å². The summed E-state index contributed by atoms with van der Waals surface area (Å²) >= 11 is 3.57. The molecule has 1 saturated heterocycles. The lowest BCUT2D eigenvalue weighted by Crippen LogP contribution is -2.10. The van der Waals surface area contributed by atoms with Gasteiger partial charge in [0, 0.05) is 28.6 Å². The molecule has 1 unspecified atom stereocenters. The summed E-state index contributed by atoms with van der Waals surface area (Å²) in [6.07, 6.45) is 4.79. The van der Waals surface area contributed by atoms with Crippen molar-refractivity contribution in [3.63, 3.8) is 0 Å². The SMILES string of the molecule is Cn1cc(CC2CCNC2)c2cc(Br)ccc21. The van der Waals surface area contributed by atoms with Gasteiger partial charge in [-0.15, -0.1) is 0 Å². The summed E-state index contributed by atoms with van der Waals surface area (Å²) in [5, 5.41) is 4.84. The predicted molar refractivity (Wildman–Crippen MR) is 75.3 cm³/mol. The fourth-order valence-electron chi connectivity index (χ4n) is 2.81. The summed E-state index contributed by atoms with van der Waals surface area (Å²) in [5.41, 5.74) is 2.81. The molecule has 1 aliphatic rings. The molecule has 1 aliphatic heterocycles. The minimum atomic E-state index is 0.805. The van der Waals surface area contributed by atoms with Gasteiger partial charge in [0.1, 0.15) is 0 Å². The van der Waals surface area contributed by atoms with Gasteiger partial charge in [-0.25, -0.2) is 0 Å². The van der Waals surface area contributed by atoms with Gasteiger partial charge in [0.05, 0.1) is 0 Å². The van der Waals surface area contributed by atoms with Crippen molar-refractivity contribution in [1.82, 2.24) is 9.88 Å². The quantitative estimate of drug-likeness (QED) is 0.900. The smallest absolute Gasteiger partial charge is 0.0481 e. The fraction of sp³-hybridized carbons (Fsp3) is 0.429. The third-order valence-electron chi connectivity index (χ3n) is 3.70. The number of benzene rings is 1. The van der Waals surface area contributed by atoms with E-state index >= 15 is 0 Å². The zero-order chi connectivity index (χ0) is 11.8. The number of rotatable bonds is 2. The molecule has 3 heteroatoms. The van der Waals surface area contributed by atoms with Crippen LogP contribution in [0.1, 0.15) is 12.0 Å². The lowest BCUT2D eigenvalue weighted by atomic mass is 9.98. The minimum Gasteiger partial charge on any atom is -0.350 e. The molecule has 1 atom stereocenters. The molecule has 2 aromatic rings. The standard InChI is InChI=1S/C14H17BrN2/c1-17-9-11(6-10-4-5-16-8-10)13-7-12(15)2-3-14(13)17/h2-3,7,9-10,16H,4-6,8H2,1H3. The summed E-state index contributed by atoms with van der Waals surface area (Å²) in [6.45, 7) is 2.35. The van der Waals surface area contributed by atoms with Crippen molar-refractivity contribution in [3.05, 3.63) is 34.4 Å². The van der Waals surface area contributed by atoms with Crippen LogP contribution in [-0.4, -0.2) is 17.7 Å². The first kappa shape index (κ1) is 11.3. The first-order valence-electron chi connectivity index (χ1n) is 6.18. The Balaban J connectivity index is 2.00. The minimum absolute atomic E-state index is 0.805. The lowest BCUT2D eigenvalue weighted by molar-refractivity contribution is 0.581. The molecule has 1 fully saturated rings. The highest BCUT2D eigenvalue weighted by atomic mass is 79.9. The van der Waals surface area contributed by atoms with Gasteiger partial charge < -0.3 is 9.88 Å². The zero-order valence-corrected chi connectivity index (χ0v) is 11.6. The van der Waals surface area contributed by atoms with E-state index in [1.54, 1.807) is 0 Å². The maximum absolute atomic E-state index is 3.57. The van der Waals surface area contributed by atoms with Crippen LogP contribution in [0.3, 0.4) is 0 Å². The molecule has 0 radical (unpaired) electrons. The van der Waals surface area contributed by atoms with Crippen LogP contribution in [0.15, 0.2) is 28.9 Å². The van der Waals surface area contributed by atoms with Crippen LogP contribution < -0.4 is 5.32 Å². The second kappa shape index (κ2) is 4.46. The summed E-state index contributed by atoms with van der Waals surface area (Å²) in [6, 6.07) is 6.55. The van der Waals surface area contributed by atoms with E-state index in [0.717, 1.165) is 5.92 Å². The maximum Gasteiger partial charge on any atom is 0.0481 e. The Morgan fingerprint density at radius 3 is 3.12 bits per heavy atom. The molecule has 0 bridgehead atoms. The average Bonchev–Trinajstić information content (AvgIpc) is 2.89. The number of aromatic nitrogens is 1. The maximum atomic E-state index is 3.57. The van der Waals surface area contributed by atoms with Gasteiger partial charge in [0.2, 0.25) is 0 Å². The number of aryl methyl sites for hydroxylation is 1. The van der Waals surface area contributed by atoms with Crippen LogP contribution in [0, 0.1) is 5.92 Å². The van der Waals surface area contributed by atoms with Crippen molar-refractivity contribution in [3.8, 4) is 0 Å². The average molecular weight is 293 g/mol. The van der Waals surface area contributed by atoms with E-state index in [1.165, 1.54) is 46.9 Å². The monoisotopic (exact) mass is 292 g/mol. The van der Waals surface area contributed by atoms with Crippen molar-refractivity contribution >= 4 is 26.8 Å². The topological polar surface area (TPSA) is 17.0 Å². The Kier molecular flexibility index (Phi) is 2.97. The van der Waals surface area contributed by atoms with Gasteiger partial charge in [-0.05, 0) is 55.6 Å². The lowest BCUT2D eigenvalue weighted by Gasteiger charge is -2.06. The van der Waals surface area contributed by atoms with Crippen LogP contribution in [0.2, 0.25) is 0 Å². The fourth-order valence-corrected chi connectivity index (χ4v) is 3.17. The number of hydrogen-bond donors (Lipinski definition) is 1.